The fourth-order valence-electron chi connectivity index (χ4n) is 3.18. The first-order chi connectivity index (χ1) is 12.5. The molecule has 2 N–H and O–H groups in total. The van der Waals surface area contributed by atoms with Crippen LogP contribution in [0, 0.1) is 0 Å². The second kappa shape index (κ2) is 11.9. The Morgan fingerprint density at radius 3 is 1.39 bits per heavy atom. The number of hydrogen-bond donors (Lipinski definition) is 2. The average Bonchev–Trinajstić information content (AvgIpc) is 2.42. The number of quaternary nitrogens is 1. The average molecular weight is 483 g/mol. The normalized spacial score (nSPS) is 13.9. The van der Waals surface area contributed by atoms with Crippen molar-refractivity contribution < 1.29 is 43.4 Å². The Hall–Kier alpha value is -0.0931. The van der Waals surface area contributed by atoms with Gasteiger partial charge in [-0.15, -0.1) is 0 Å². The van der Waals surface area contributed by atoms with E-state index in [4.69, 9.17) is 9.11 Å². The lowest BCUT2D eigenvalue weighted by Gasteiger charge is -2.39. The Kier molecular flexibility index (Phi) is 11.9. The molecule has 0 atom stereocenters. The van der Waals surface area contributed by atoms with Crippen LogP contribution in [0.5, 0.6) is 0 Å². The predicted molar refractivity (Wildman–Crippen MR) is 108 cm³/mol. The van der Waals surface area contributed by atoms with E-state index in [0.29, 0.717) is 19.6 Å². The van der Waals surface area contributed by atoms with Gasteiger partial charge in [0.25, 0.3) is 20.2 Å². The van der Waals surface area contributed by atoms with Crippen LogP contribution in [0.3, 0.4) is 0 Å². The molecule has 0 aliphatic carbocycles. The molecule has 169 valence electrons. The highest BCUT2D eigenvalue weighted by Crippen LogP contribution is 2.16. The maximum absolute atomic E-state index is 11.0. The Balaban J connectivity index is 5.31. The van der Waals surface area contributed by atoms with Crippen LogP contribution in [0.25, 0.3) is 0 Å². The third kappa shape index (κ3) is 16.8. The van der Waals surface area contributed by atoms with Crippen LogP contribution in [0.2, 0.25) is 19.1 Å². The van der Waals surface area contributed by atoms with Gasteiger partial charge in [-0.2, -0.15) is 16.8 Å². The standard InChI is InChI=1S/C14H32NO9S3Si/c1-28(2)14-6-10-15(7-3-11-25(16,17)18,8-4-12-26(19,20)21)9-5-13-27(22,23)24/h3-14H2,1-2H3,(H2-,16,17,18,19,20,21,22,23,24). The third-order valence-corrected chi connectivity index (χ3v) is 8.16. The van der Waals surface area contributed by atoms with Crippen molar-refractivity contribution in [1.29, 1.82) is 0 Å². The highest BCUT2D eigenvalue weighted by Gasteiger charge is 2.28. The van der Waals surface area contributed by atoms with Gasteiger partial charge >= 0.3 is 0 Å². The van der Waals surface area contributed by atoms with Crippen molar-refractivity contribution in [3.63, 3.8) is 0 Å². The van der Waals surface area contributed by atoms with E-state index in [9.17, 15) is 29.8 Å². The van der Waals surface area contributed by atoms with E-state index in [0.717, 1.165) is 12.5 Å². The molecule has 14 heteroatoms. The van der Waals surface area contributed by atoms with Gasteiger partial charge in [0, 0.05) is 33.8 Å². The topological polar surface area (TPSA) is 166 Å². The molecule has 0 unspecified atom stereocenters. The summed E-state index contributed by atoms with van der Waals surface area (Å²) in [6.07, 6.45) is 1.10. The van der Waals surface area contributed by atoms with Gasteiger partial charge in [-0.25, -0.2) is 8.42 Å². The Bertz CT molecular complexity index is 671. The van der Waals surface area contributed by atoms with Crippen molar-refractivity contribution in [2.45, 2.75) is 44.8 Å². The van der Waals surface area contributed by atoms with Crippen molar-refractivity contribution in [3.05, 3.63) is 0 Å². The van der Waals surface area contributed by atoms with Gasteiger partial charge in [0.15, 0.2) is 0 Å². The third-order valence-electron chi connectivity index (χ3n) is 4.41. The molecule has 0 aromatic rings. The molecule has 0 bridgehead atoms. The molecule has 0 saturated heterocycles. The van der Waals surface area contributed by atoms with Crippen LogP contribution >= 0.6 is 0 Å². The van der Waals surface area contributed by atoms with Crippen LogP contribution in [0.4, 0.5) is 0 Å². The first-order valence-corrected chi connectivity index (χ1v) is 16.5. The molecule has 0 spiro atoms. The van der Waals surface area contributed by atoms with Gasteiger partial charge in [-0.1, -0.05) is 19.1 Å². The van der Waals surface area contributed by atoms with E-state index in [-0.39, 0.29) is 30.3 Å². The fourth-order valence-corrected chi connectivity index (χ4v) is 5.52. The molecule has 0 rings (SSSR count). The summed E-state index contributed by atoms with van der Waals surface area (Å²) < 4.78 is 95.1. The second-order valence-corrected chi connectivity index (χ2v) is 15.0. The van der Waals surface area contributed by atoms with Crippen LogP contribution in [-0.4, -0.2) is 95.6 Å². The maximum Gasteiger partial charge on any atom is 0.265 e. The number of hydrogen-bond acceptors (Lipinski definition) is 7. The van der Waals surface area contributed by atoms with E-state index >= 15 is 0 Å². The molecule has 0 heterocycles. The molecule has 0 aromatic heterocycles. The summed E-state index contributed by atoms with van der Waals surface area (Å²) in [6.45, 7) is 5.71. The van der Waals surface area contributed by atoms with Crippen LogP contribution in [0.15, 0.2) is 0 Å². The van der Waals surface area contributed by atoms with Crippen LogP contribution in [0.1, 0.15) is 25.7 Å². The van der Waals surface area contributed by atoms with Gasteiger partial charge < -0.3 is 9.04 Å². The van der Waals surface area contributed by atoms with Crippen molar-refractivity contribution in [1.82, 2.24) is 0 Å². The molecule has 0 aliphatic heterocycles. The van der Waals surface area contributed by atoms with E-state index in [1.807, 2.05) is 0 Å². The molecular weight excluding hydrogens is 450 g/mol. The molecule has 28 heavy (non-hydrogen) atoms. The van der Waals surface area contributed by atoms with Gasteiger partial charge in [-0.05, 0) is 6.42 Å². The predicted octanol–water partition coefficient (Wildman–Crippen LogP) is 0.439. The summed E-state index contributed by atoms with van der Waals surface area (Å²) in [7, 11) is -13.2. The SMILES string of the molecule is C[Si](C)CCC[N+](CCCS(=O)(=O)[O-])(CCCS(=O)(=O)O)CCCS(=O)(=O)O. The largest absolute Gasteiger partial charge is 0.748 e. The Morgan fingerprint density at radius 1 is 0.714 bits per heavy atom. The summed E-state index contributed by atoms with van der Waals surface area (Å²) >= 11 is 0. The van der Waals surface area contributed by atoms with E-state index in [1.54, 1.807) is 0 Å². The van der Waals surface area contributed by atoms with Crippen LogP contribution in [-0.2, 0) is 30.4 Å². The summed E-state index contributed by atoms with van der Waals surface area (Å²) in [4.78, 5) is 0. The molecule has 0 amide bonds. The lowest BCUT2D eigenvalue weighted by Crippen LogP contribution is -2.52. The Labute approximate surface area is 170 Å². The monoisotopic (exact) mass is 482 g/mol. The van der Waals surface area contributed by atoms with Crippen molar-refractivity contribution in [2.24, 2.45) is 0 Å². The maximum atomic E-state index is 11.0. The quantitative estimate of drug-likeness (QED) is 0.180. The number of rotatable bonds is 16. The highest BCUT2D eigenvalue weighted by molar-refractivity contribution is 7.86. The fraction of sp³-hybridized carbons (Fsp3) is 1.00. The van der Waals surface area contributed by atoms with Crippen LogP contribution < -0.4 is 0 Å². The molecular formula is C14H32NO9S3Si. The zero-order chi connectivity index (χ0) is 22.1. The van der Waals surface area contributed by atoms with Gasteiger partial charge in [0.1, 0.15) is 0 Å². The van der Waals surface area contributed by atoms with E-state index in [1.165, 1.54) is 0 Å². The highest BCUT2D eigenvalue weighted by atomic mass is 32.2. The summed E-state index contributed by atoms with van der Waals surface area (Å²) in [6, 6.07) is 0.973. The molecule has 0 saturated carbocycles. The second-order valence-electron chi connectivity index (χ2n) is 7.44. The van der Waals surface area contributed by atoms with Gasteiger partial charge in [0.2, 0.25) is 0 Å². The van der Waals surface area contributed by atoms with Crippen molar-refractivity contribution in [3.8, 4) is 0 Å². The zero-order valence-corrected chi connectivity index (χ0v) is 19.9. The summed E-state index contributed by atoms with van der Waals surface area (Å²) in [5.74, 6) is -1.47. The van der Waals surface area contributed by atoms with E-state index in [2.05, 4.69) is 13.1 Å². The minimum Gasteiger partial charge on any atom is -0.748 e. The Morgan fingerprint density at radius 2 is 1.07 bits per heavy atom. The van der Waals surface area contributed by atoms with Gasteiger partial charge in [-0.3, -0.25) is 9.11 Å². The first kappa shape index (κ1) is 27.9. The minimum atomic E-state index is -4.39. The van der Waals surface area contributed by atoms with E-state index < -0.39 is 56.4 Å². The number of nitrogens with zero attached hydrogens (tertiary/aromatic N) is 1. The molecule has 0 fully saturated rings. The molecule has 0 aliphatic rings. The summed E-state index contributed by atoms with van der Waals surface area (Å²) in [5.41, 5.74) is 0. The smallest absolute Gasteiger partial charge is 0.265 e. The minimum absolute atomic E-state index is 0.0691. The first-order valence-electron chi connectivity index (χ1n) is 9.02. The molecule has 10 nitrogen and oxygen atoms in total. The van der Waals surface area contributed by atoms with Crippen molar-refractivity contribution >= 4 is 39.2 Å². The lowest BCUT2D eigenvalue weighted by atomic mass is 10.2. The van der Waals surface area contributed by atoms with Gasteiger partial charge in [0.05, 0.1) is 47.8 Å². The van der Waals surface area contributed by atoms with Crippen molar-refractivity contribution in [2.75, 3.05) is 43.4 Å². The lowest BCUT2D eigenvalue weighted by molar-refractivity contribution is -0.928. The zero-order valence-electron chi connectivity index (χ0n) is 16.4. The molecule has 0 aromatic carbocycles. The molecule has 1 radical (unpaired) electrons. The summed E-state index contributed by atoms with van der Waals surface area (Å²) in [5, 5.41) is 0.